The van der Waals surface area contributed by atoms with E-state index in [2.05, 4.69) is 127 Å². The van der Waals surface area contributed by atoms with Crippen LogP contribution in [0.4, 0.5) is 0 Å². The van der Waals surface area contributed by atoms with Crippen molar-refractivity contribution < 1.29 is 4.42 Å². The van der Waals surface area contributed by atoms with Crippen LogP contribution in [0, 0.1) is 0 Å². The van der Waals surface area contributed by atoms with Crippen molar-refractivity contribution in [2.24, 2.45) is 0 Å². The molecule has 0 N–H and O–H groups in total. The van der Waals surface area contributed by atoms with E-state index in [9.17, 15) is 0 Å². The fraction of sp³-hybridized carbons (Fsp3) is 0. The molecule has 0 atom stereocenters. The van der Waals surface area contributed by atoms with Gasteiger partial charge in [0.1, 0.15) is 11.2 Å². The fourth-order valence-corrected chi connectivity index (χ4v) is 8.94. The van der Waals surface area contributed by atoms with E-state index >= 15 is 0 Å². The third-order valence-electron chi connectivity index (χ3n) is 10.5. The van der Waals surface area contributed by atoms with Crippen molar-refractivity contribution in [3.63, 3.8) is 0 Å². The molecule has 0 saturated carbocycles. The minimum Gasteiger partial charge on any atom is -0.456 e. The summed E-state index contributed by atoms with van der Waals surface area (Å²) in [5.41, 5.74) is 11.5. The maximum absolute atomic E-state index is 6.54. The molecule has 11 rings (SSSR count). The summed E-state index contributed by atoms with van der Waals surface area (Å²) in [6.07, 6.45) is 0. The Balaban J connectivity index is 1.03. The van der Waals surface area contributed by atoms with Gasteiger partial charge in [-0.05, 0) is 70.3 Å². The summed E-state index contributed by atoms with van der Waals surface area (Å²) in [6, 6.07) is 65.9. The summed E-state index contributed by atoms with van der Waals surface area (Å²) >= 11 is 1.85. The Labute approximate surface area is 327 Å². The first kappa shape index (κ1) is 32.2. The molecular formula is C51H31N3OS. The van der Waals surface area contributed by atoms with Crippen molar-refractivity contribution in [3.05, 3.63) is 188 Å². The lowest BCUT2D eigenvalue weighted by Crippen LogP contribution is -2.00. The summed E-state index contributed by atoms with van der Waals surface area (Å²) in [6.45, 7) is 0. The van der Waals surface area contributed by atoms with Crippen molar-refractivity contribution in [1.29, 1.82) is 0 Å². The van der Waals surface area contributed by atoms with Gasteiger partial charge in [0.25, 0.3) is 0 Å². The van der Waals surface area contributed by atoms with Gasteiger partial charge in [-0.15, -0.1) is 11.3 Å². The SMILES string of the molecule is c1ccc(-c2ccc(-c3cc(-c4ccc5oc6cc(-c7nc(-c8ccccc8)nc(-c8ccccc8)n7)ccc6c5c4)c4sc5ccccc5c4c3)cc2)cc1. The highest BCUT2D eigenvalue weighted by Gasteiger charge is 2.18. The third-order valence-corrected chi connectivity index (χ3v) is 11.8. The molecule has 0 amide bonds. The highest BCUT2D eigenvalue weighted by Crippen LogP contribution is 2.44. The molecule has 0 radical (unpaired) electrons. The number of benzene rings is 8. The quantitative estimate of drug-likeness (QED) is 0.171. The molecule has 0 saturated heterocycles. The van der Waals surface area contributed by atoms with Gasteiger partial charge in [0, 0.05) is 53.2 Å². The molecule has 0 aliphatic rings. The Hall–Kier alpha value is -7.21. The largest absolute Gasteiger partial charge is 0.456 e. The molecule has 56 heavy (non-hydrogen) atoms. The second kappa shape index (κ2) is 13.3. The number of fused-ring (bicyclic) bond motifs is 6. The Morgan fingerprint density at radius 3 is 1.52 bits per heavy atom. The van der Waals surface area contributed by atoms with Crippen LogP contribution in [0.2, 0.25) is 0 Å². The fourth-order valence-electron chi connectivity index (χ4n) is 7.72. The van der Waals surface area contributed by atoms with E-state index in [4.69, 9.17) is 19.4 Å². The number of aromatic nitrogens is 3. The van der Waals surface area contributed by atoms with E-state index in [1.807, 2.05) is 72.0 Å². The first-order chi connectivity index (χ1) is 27.7. The van der Waals surface area contributed by atoms with Crippen molar-refractivity contribution in [2.45, 2.75) is 0 Å². The van der Waals surface area contributed by atoms with Crippen LogP contribution in [-0.2, 0) is 0 Å². The second-order valence-electron chi connectivity index (χ2n) is 14.0. The lowest BCUT2D eigenvalue weighted by atomic mass is 9.94. The van der Waals surface area contributed by atoms with E-state index in [0.29, 0.717) is 17.5 Å². The molecule has 5 heteroatoms. The third kappa shape index (κ3) is 5.65. The molecule has 0 bridgehead atoms. The minimum atomic E-state index is 0.599. The number of rotatable bonds is 6. The molecule has 4 nitrogen and oxygen atoms in total. The molecule has 0 unspecified atom stereocenters. The van der Waals surface area contributed by atoms with Crippen LogP contribution >= 0.6 is 11.3 Å². The van der Waals surface area contributed by atoms with E-state index < -0.39 is 0 Å². The summed E-state index contributed by atoms with van der Waals surface area (Å²) in [5, 5.41) is 4.67. The van der Waals surface area contributed by atoms with Gasteiger partial charge in [0.2, 0.25) is 0 Å². The summed E-state index contributed by atoms with van der Waals surface area (Å²) in [7, 11) is 0. The number of furan rings is 1. The Morgan fingerprint density at radius 1 is 0.321 bits per heavy atom. The van der Waals surface area contributed by atoms with Crippen LogP contribution in [0.1, 0.15) is 0 Å². The predicted molar refractivity (Wildman–Crippen MR) is 233 cm³/mol. The molecule has 0 spiro atoms. The monoisotopic (exact) mass is 733 g/mol. The van der Waals surface area contributed by atoms with Crippen molar-refractivity contribution in [3.8, 4) is 67.5 Å². The van der Waals surface area contributed by atoms with Gasteiger partial charge in [0.05, 0.1) is 0 Å². The zero-order chi connectivity index (χ0) is 37.0. The van der Waals surface area contributed by atoms with E-state index in [-0.39, 0.29) is 0 Å². The molecule has 3 heterocycles. The lowest BCUT2D eigenvalue weighted by Gasteiger charge is -2.10. The molecule has 262 valence electrons. The second-order valence-corrected chi connectivity index (χ2v) is 15.1. The van der Waals surface area contributed by atoms with Gasteiger partial charge in [-0.25, -0.2) is 15.0 Å². The van der Waals surface area contributed by atoms with Gasteiger partial charge < -0.3 is 4.42 Å². The minimum absolute atomic E-state index is 0.599. The normalized spacial score (nSPS) is 11.6. The first-order valence-corrected chi connectivity index (χ1v) is 19.5. The zero-order valence-electron chi connectivity index (χ0n) is 30.1. The summed E-state index contributed by atoms with van der Waals surface area (Å²) in [4.78, 5) is 14.8. The lowest BCUT2D eigenvalue weighted by molar-refractivity contribution is 0.669. The van der Waals surface area contributed by atoms with E-state index in [1.54, 1.807) is 0 Å². The van der Waals surface area contributed by atoms with Crippen LogP contribution in [0.15, 0.2) is 192 Å². The van der Waals surface area contributed by atoms with Gasteiger partial charge in [-0.1, -0.05) is 146 Å². The molecule has 0 aliphatic heterocycles. The molecular weight excluding hydrogens is 703 g/mol. The average Bonchev–Trinajstić information content (AvgIpc) is 3.84. The van der Waals surface area contributed by atoms with Gasteiger partial charge >= 0.3 is 0 Å². The van der Waals surface area contributed by atoms with Crippen molar-refractivity contribution >= 4 is 53.4 Å². The van der Waals surface area contributed by atoms with Crippen molar-refractivity contribution in [2.75, 3.05) is 0 Å². The molecule has 3 aromatic heterocycles. The Bertz CT molecular complexity index is 3170. The molecule has 8 aromatic carbocycles. The van der Waals surface area contributed by atoms with E-state index in [1.165, 1.54) is 48.0 Å². The maximum Gasteiger partial charge on any atom is 0.164 e. The van der Waals surface area contributed by atoms with Crippen LogP contribution in [-0.4, -0.2) is 15.0 Å². The number of thiophene rings is 1. The summed E-state index contributed by atoms with van der Waals surface area (Å²) in [5.74, 6) is 1.86. The number of nitrogens with zero attached hydrogens (tertiary/aromatic N) is 3. The van der Waals surface area contributed by atoms with Gasteiger partial charge in [-0.2, -0.15) is 0 Å². The molecule has 0 aliphatic carbocycles. The Kier molecular flexibility index (Phi) is 7.64. The molecule has 11 aromatic rings. The molecule has 0 fully saturated rings. The topological polar surface area (TPSA) is 51.8 Å². The number of hydrogen-bond acceptors (Lipinski definition) is 5. The zero-order valence-corrected chi connectivity index (χ0v) is 30.9. The highest BCUT2D eigenvalue weighted by molar-refractivity contribution is 7.26. The first-order valence-electron chi connectivity index (χ1n) is 18.7. The standard InChI is InChI=1S/C51H31N3OS/c1-4-12-32(13-5-1)33-20-22-34(23-21-33)39-29-42(48-44(30-39)41-18-10-11-19-47(41)56-48)37-25-27-45-43(28-37)40-26-24-38(31-46(40)55-45)51-53-49(35-14-6-2-7-15-35)52-50(54-51)36-16-8-3-9-17-36/h1-31H. The van der Waals surface area contributed by atoms with Crippen LogP contribution in [0.25, 0.3) is 110 Å². The van der Waals surface area contributed by atoms with Crippen LogP contribution in [0.3, 0.4) is 0 Å². The maximum atomic E-state index is 6.54. The highest BCUT2D eigenvalue weighted by atomic mass is 32.1. The average molecular weight is 734 g/mol. The van der Waals surface area contributed by atoms with Crippen LogP contribution in [0.5, 0.6) is 0 Å². The van der Waals surface area contributed by atoms with Crippen LogP contribution < -0.4 is 0 Å². The number of hydrogen-bond donors (Lipinski definition) is 0. The van der Waals surface area contributed by atoms with Crippen molar-refractivity contribution in [1.82, 2.24) is 15.0 Å². The summed E-state index contributed by atoms with van der Waals surface area (Å²) < 4.78 is 9.11. The van der Waals surface area contributed by atoms with Gasteiger partial charge in [0.15, 0.2) is 17.5 Å². The van der Waals surface area contributed by atoms with E-state index in [0.717, 1.165) is 44.2 Å². The smallest absolute Gasteiger partial charge is 0.164 e. The Morgan fingerprint density at radius 2 is 0.839 bits per heavy atom. The van der Waals surface area contributed by atoms with Gasteiger partial charge in [-0.3, -0.25) is 0 Å². The predicted octanol–water partition coefficient (Wildman–Crippen LogP) is 14.1.